The van der Waals surface area contributed by atoms with E-state index in [1.165, 1.54) is 5.56 Å². The summed E-state index contributed by atoms with van der Waals surface area (Å²) in [5.41, 5.74) is 3.09. The van der Waals surface area contributed by atoms with Crippen LogP contribution in [0.15, 0.2) is 73.3 Å². The van der Waals surface area contributed by atoms with Gasteiger partial charge in [0.15, 0.2) is 0 Å². The molecule has 4 rings (SSSR count). The minimum absolute atomic E-state index is 0.0862. The second kappa shape index (κ2) is 7.76. The molecule has 1 saturated heterocycles. The van der Waals surface area contributed by atoms with Crippen molar-refractivity contribution < 1.29 is 4.79 Å². The smallest absolute Gasteiger partial charge is 0.254 e. The van der Waals surface area contributed by atoms with E-state index in [0.717, 1.165) is 37.3 Å². The van der Waals surface area contributed by atoms with E-state index in [0.29, 0.717) is 0 Å². The highest BCUT2D eigenvalue weighted by Crippen LogP contribution is 2.26. The van der Waals surface area contributed by atoms with Gasteiger partial charge in [0.25, 0.3) is 5.91 Å². The Hall–Kier alpha value is -2.92. The quantitative estimate of drug-likeness (QED) is 0.718. The van der Waals surface area contributed by atoms with Gasteiger partial charge in [-0.25, -0.2) is 4.98 Å². The van der Waals surface area contributed by atoms with Gasteiger partial charge in [-0.1, -0.05) is 42.5 Å². The molecular formula is C22H24N4O. The topological polar surface area (TPSA) is 41.4 Å². The predicted octanol–water partition coefficient (Wildman–Crippen LogP) is 3.06. The SMILES string of the molecule is CN1CCN(C(=O)c2ccc(Cn3ccnc3)cc2)C(c2ccccc2)C1. The van der Waals surface area contributed by atoms with Crippen LogP contribution in [0.3, 0.4) is 0 Å². The van der Waals surface area contributed by atoms with Gasteiger partial charge in [0.1, 0.15) is 0 Å². The van der Waals surface area contributed by atoms with Crippen LogP contribution >= 0.6 is 0 Å². The highest BCUT2D eigenvalue weighted by molar-refractivity contribution is 5.94. The van der Waals surface area contributed by atoms with Gasteiger partial charge in [0.2, 0.25) is 0 Å². The average molecular weight is 360 g/mol. The Labute approximate surface area is 159 Å². The Balaban J connectivity index is 1.53. The maximum atomic E-state index is 13.2. The van der Waals surface area contributed by atoms with Crippen LogP contribution in [0.25, 0.3) is 0 Å². The second-order valence-electron chi connectivity index (χ2n) is 7.12. The number of aromatic nitrogens is 2. The van der Waals surface area contributed by atoms with Crippen LogP contribution in [0.5, 0.6) is 0 Å². The number of carbonyl (C=O) groups excluding carboxylic acids is 1. The van der Waals surface area contributed by atoms with E-state index in [1.54, 1.807) is 12.5 Å². The zero-order chi connectivity index (χ0) is 18.6. The van der Waals surface area contributed by atoms with E-state index in [2.05, 4.69) is 29.1 Å². The normalized spacial score (nSPS) is 17.8. The summed E-state index contributed by atoms with van der Waals surface area (Å²) < 4.78 is 2.02. The lowest BCUT2D eigenvalue weighted by Crippen LogP contribution is -2.49. The summed E-state index contributed by atoms with van der Waals surface area (Å²) in [5, 5.41) is 0. The molecule has 0 spiro atoms. The minimum atomic E-state index is 0.0862. The standard InChI is InChI=1S/C22H24N4O/c1-24-13-14-26(21(16-24)19-5-3-2-4-6-19)22(27)20-9-7-18(8-10-20)15-25-12-11-23-17-25/h2-12,17,21H,13-16H2,1H3. The molecule has 1 fully saturated rings. The summed E-state index contributed by atoms with van der Waals surface area (Å²) in [7, 11) is 2.11. The van der Waals surface area contributed by atoms with E-state index in [9.17, 15) is 4.79 Å². The van der Waals surface area contributed by atoms with Crippen molar-refractivity contribution in [1.82, 2.24) is 19.4 Å². The Morgan fingerprint density at radius 2 is 1.85 bits per heavy atom. The van der Waals surface area contributed by atoms with Crippen LogP contribution < -0.4 is 0 Å². The zero-order valence-electron chi connectivity index (χ0n) is 15.5. The first-order chi connectivity index (χ1) is 13.2. The van der Waals surface area contributed by atoms with Crippen molar-refractivity contribution in [2.24, 2.45) is 0 Å². The molecule has 5 nitrogen and oxygen atoms in total. The number of nitrogens with zero attached hydrogens (tertiary/aromatic N) is 4. The summed E-state index contributed by atoms with van der Waals surface area (Å²) in [6.07, 6.45) is 5.51. The number of piperazine rings is 1. The lowest BCUT2D eigenvalue weighted by molar-refractivity contribution is 0.0498. The maximum Gasteiger partial charge on any atom is 0.254 e. The monoisotopic (exact) mass is 360 g/mol. The van der Waals surface area contributed by atoms with Crippen molar-refractivity contribution >= 4 is 5.91 Å². The molecule has 1 atom stereocenters. The molecule has 1 aliphatic rings. The summed E-state index contributed by atoms with van der Waals surface area (Å²) >= 11 is 0. The molecule has 3 aromatic rings. The molecular weight excluding hydrogens is 336 g/mol. The summed E-state index contributed by atoms with van der Waals surface area (Å²) in [4.78, 5) is 21.6. The number of carbonyl (C=O) groups is 1. The van der Waals surface area contributed by atoms with E-state index in [1.807, 2.05) is 58.1 Å². The van der Waals surface area contributed by atoms with Crippen LogP contribution in [0.1, 0.15) is 27.5 Å². The van der Waals surface area contributed by atoms with Crippen molar-refractivity contribution in [2.45, 2.75) is 12.6 Å². The number of likely N-dealkylation sites (N-methyl/N-ethyl adjacent to an activating group) is 1. The maximum absolute atomic E-state index is 13.2. The second-order valence-corrected chi connectivity index (χ2v) is 7.12. The number of benzene rings is 2. The van der Waals surface area contributed by atoms with Crippen LogP contribution in [0.4, 0.5) is 0 Å². The highest BCUT2D eigenvalue weighted by atomic mass is 16.2. The van der Waals surface area contributed by atoms with Crippen molar-refractivity contribution in [1.29, 1.82) is 0 Å². The van der Waals surface area contributed by atoms with Crippen molar-refractivity contribution in [2.75, 3.05) is 26.7 Å². The van der Waals surface area contributed by atoms with E-state index in [4.69, 9.17) is 0 Å². The van der Waals surface area contributed by atoms with Gasteiger partial charge in [0, 0.05) is 44.1 Å². The third-order valence-electron chi connectivity index (χ3n) is 5.15. The third-order valence-corrected chi connectivity index (χ3v) is 5.15. The van der Waals surface area contributed by atoms with Crippen LogP contribution in [0.2, 0.25) is 0 Å². The molecule has 2 heterocycles. The molecule has 0 bridgehead atoms. The molecule has 0 N–H and O–H groups in total. The molecule has 0 saturated carbocycles. The minimum Gasteiger partial charge on any atom is -0.333 e. The van der Waals surface area contributed by atoms with Crippen molar-refractivity contribution in [3.8, 4) is 0 Å². The molecule has 0 aliphatic carbocycles. The first-order valence-corrected chi connectivity index (χ1v) is 9.30. The van der Waals surface area contributed by atoms with Crippen LogP contribution in [-0.4, -0.2) is 51.9 Å². The lowest BCUT2D eigenvalue weighted by Gasteiger charge is -2.40. The predicted molar refractivity (Wildman–Crippen MR) is 105 cm³/mol. The summed E-state index contributed by atoms with van der Waals surface area (Å²) in [5.74, 6) is 0.103. The van der Waals surface area contributed by atoms with Crippen molar-refractivity contribution in [3.63, 3.8) is 0 Å². The summed E-state index contributed by atoms with van der Waals surface area (Å²) in [6.45, 7) is 3.25. The van der Waals surface area contributed by atoms with E-state index in [-0.39, 0.29) is 11.9 Å². The number of hydrogen-bond acceptors (Lipinski definition) is 3. The fourth-order valence-electron chi connectivity index (χ4n) is 3.63. The molecule has 1 aliphatic heterocycles. The van der Waals surface area contributed by atoms with Gasteiger partial charge in [-0.2, -0.15) is 0 Å². The molecule has 138 valence electrons. The van der Waals surface area contributed by atoms with Crippen LogP contribution in [-0.2, 0) is 6.54 Å². The van der Waals surface area contributed by atoms with E-state index < -0.39 is 0 Å². The fourth-order valence-corrected chi connectivity index (χ4v) is 3.63. The third kappa shape index (κ3) is 3.93. The van der Waals surface area contributed by atoms with Crippen LogP contribution in [0, 0.1) is 0 Å². The Morgan fingerprint density at radius 3 is 2.56 bits per heavy atom. The molecule has 27 heavy (non-hydrogen) atoms. The van der Waals surface area contributed by atoms with Gasteiger partial charge in [-0.05, 0) is 30.3 Å². The van der Waals surface area contributed by atoms with Gasteiger partial charge in [0.05, 0.1) is 12.4 Å². The first-order valence-electron chi connectivity index (χ1n) is 9.30. The zero-order valence-corrected chi connectivity index (χ0v) is 15.5. The molecule has 0 radical (unpaired) electrons. The largest absolute Gasteiger partial charge is 0.333 e. The Kier molecular flexibility index (Phi) is 5.03. The molecule has 1 amide bonds. The summed E-state index contributed by atoms with van der Waals surface area (Å²) in [6, 6.07) is 18.3. The van der Waals surface area contributed by atoms with Gasteiger partial charge in [-0.3, -0.25) is 4.79 Å². The van der Waals surface area contributed by atoms with E-state index >= 15 is 0 Å². The fraction of sp³-hybridized carbons (Fsp3) is 0.273. The van der Waals surface area contributed by atoms with Gasteiger partial charge >= 0.3 is 0 Å². The molecule has 2 aromatic carbocycles. The Bertz CT molecular complexity index is 874. The number of amides is 1. The lowest BCUT2D eigenvalue weighted by atomic mass is 10.0. The van der Waals surface area contributed by atoms with Gasteiger partial charge < -0.3 is 14.4 Å². The average Bonchev–Trinajstić information content (AvgIpc) is 3.22. The molecule has 1 unspecified atom stereocenters. The molecule has 5 heteroatoms. The van der Waals surface area contributed by atoms with Gasteiger partial charge in [-0.15, -0.1) is 0 Å². The molecule has 1 aromatic heterocycles. The highest BCUT2D eigenvalue weighted by Gasteiger charge is 2.30. The first kappa shape index (κ1) is 17.5. The number of rotatable bonds is 4. The van der Waals surface area contributed by atoms with Crippen molar-refractivity contribution in [3.05, 3.63) is 90.0 Å². The Morgan fingerprint density at radius 1 is 1.07 bits per heavy atom. The number of hydrogen-bond donors (Lipinski definition) is 0. The number of imidazole rings is 1.